The van der Waals surface area contributed by atoms with E-state index in [-0.39, 0.29) is 13.3 Å². The van der Waals surface area contributed by atoms with Crippen LogP contribution in [0.3, 0.4) is 0 Å². The van der Waals surface area contributed by atoms with Gasteiger partial charge in [-0.2, -0.15) is 0 Å². The minimum Gasteiger partial charge on any atom is -0.454 e. The van der Waals surface area contributed by atoms with Gasteiger partial charge in [-0.3, -0.25) is 0 Å². The maximum atomic E-state index is 13.4. The average molecular weight is 324 g/mol. The topological polar surface area (TPSA) is 59.6 Å². The number of urea groups is 1. The van der Waals surface area contributed by atoms with E-state index >= 15 is 0 Å². The Morgan fingerprint density at radius 1 is 1.04 bits per heavy atom. The lowest BCUT2D eigenvalue weighted by Crippen LogP contribution is -2.28. The summed E-state index contributed by atoms with van der Waals surface area (Å²) in [5.74, 6) is -3.24. The number of rotatable bonds is 3. The third kappa shape index (κ3) is 3.15. The van der Waals surface area contributed by atoms with Crippen LogP contribution in [0.5, 0.6) is 11.5 Å². The van der Waals surface area contributed by atoms with Crippen molar-refractivity contribution in [3.63, 3.8) is 0 Å². The summed E-state index contributed by atoms with van der Waals surface area (Å²) in [6.45, 7) is 0.274. The summed E-state index contributed by atoms with van der Waals surface area (Å²) in [7, 11) is 0. The van der Waals surface area contributed by atoms with Crippen molar-refractivity contribution in [3.8, 4) is 11.5 Å². The van der Waals surface area contributed by atoms with Gasteiger partial charge < -0.3 is 20.1 Å². The van der Waals surface area contributed by atoms with Crippen LogP contribution in [0.2, 0.25) is 0 Å². The van der Waals surface area contributed by atoms with Gasteiger partial charge in [-0.05, 0) is 29.8 Å². The summed E-state index contributed by atoms with van der Waals surface area (Å²) in [6.07, 6.45) is 0. The number of anilines is 1. The Hall–Kier alpha value is -2.90. The second-order valence-corrected chi connectivity index (χ2v) is 4.72. The third-order valence-electron chi connectivity index (χ3n) is 3.17. The quantitative estimate of drug-likeness (QED) is 0.853. The number of amides is 2. The van der Waals surface area contributed by atoms with Crippen molar-refractivity contribution in [3.05, 3.63) is 53.3 Å². The number of ether oxygens (including phenoxy) is 2. The minimum atomic E-state index is -1.64. The molecule has 120 valence electrons. The van der Waals surface area contributed by atoms with E-state index < -0.39 is 29.2 Å². The lowest BCUT2D eigenvalue weighted by atomic mass is 10.2. The second kappa shape index (κ2) is 6.07. The van der Waals surface area contributed by atoms with Gasteiger partial charge in [0.15, 0.2) is 29.0 Å². The molecule has 0 aromatic heterocycles. The molecule has 2 N–H and O–H groups in total. The number of hydrogen-bond acceptors (Lipinski definition) is 3. The highest BCUT2D eigenvalue weighted by molar-refractivity contribution is 5.89. The van der Waals surface area contributed by atoms with Gasteiger partial charge in [-0.15, -0.1) is 0 Å². The number of fused-ring (bicyclic) bond motifs is 1. The minimum absolute atomic E-state index is 0.133. The van der Waals surface area contributed by atoms with Crippen LogP contribution in [0.4, 0.5) is 23.7 Å². The molecule has 0 bridgehead atoms. The smallest absolute Gasteiger partial charge is 0.319 e. The summed E-state index contributed by atoms with van der Waals surface area (Å²) in [6, 6.07) is 6.03. The first kappa shape index (κ1) is 15.0. The van der Waals surface area contributed by atoms with Crippen molar-refractivity contribution >= 4 is 11.7 Å². The van der Waals surface area contributed by atoms with Crippen LogP contribution in [0.25, 0.3) is 0 Å². The van der Waals surface area contributed by atoms with Gasteiger partial charge in [-0.1, -0.05) is 6.07 Å². The molecule has 2 aromatic rings. The first-order valence-corrected chi connectivity index (χ1v) is 6.61. The average Bonchev–Trinajstić information content (AvgIpc) is 3.01. The van der Waals surface area contributed by atoms with E-state index in [1.807, 2.05) is 0 Å². The molecule has 2 amide bonds. The Kier molecular flexibility index (Phi) is 3.96. The van der Waals surface area contributed by atoms with Crippen LogP contribution < -0.4 is 20.1 Å². The number of nitrogens with one attached hydrogen (secondary N) is 2. The summed E-state index contributed by atoms with van der Waals surface area (Å²) in [4.78, 5) is 11.7. The highest BCUT2D eigenvalue weighted by Gasteiger charge is 2.16. The molecule has 23 heavy (non-hydrogen) atoms. The van der Waals surface area contributed by atoms with Crippen molar-refractivity contribution < 1.29 is 27.4 Å². The number of benzene rings is 2. The van der Waals surface area contributed by atoms with Crippen LogP contribution in [-0.4, -0.2) is 12.8 Å². The van der Waals surface area contributed by atoms with Crippen molar-refractivity contribution in [2.45, 2.75) is 6.54 Å². The summed E-state index contributed by atoms with van der Waals surface area (Å²) < 4.78 is 49.7. The predicted octanol–water partition coefficient (Wildman–Crippen LogP) is 3.15. The van der Waals surface area contributed by atoms with E-state index in [1.165, 1.54) is 0 Å². The molecule has 0 radical (unpaired) electrons. The fourth-order valence-corrected chi connectivity index (χ4v) is 2.02. The molecule has 1 aliphatic heterocycles. The Labute approximate surface area is 129 Å². The van der Waals surface area contributed by atoms with Crippen LogP contribution >= 0.6 is 0 Å². The lowest BCUT2D eigenvalue weighted by molar-refractivity contribution is 0.174. The van der Waals surface area contributed by atoms with E-state index in [0.717, 1.165) is 17.7 Å². The summed E-state index contributed by atoms with van der Waals surface area (Å²) in [5.41, 5.74) is 0.280. The molecule has 1 aliphatic rings. The fourth-order valence-electron chi connectivity index (χ4n) is 2.02. The van der Waals surface area contributed by atoms with E-state index in [1.54, 1.807) is 18.2 Å². The van der Waals surface area contributed by atoms with Gasteiger partial charge in [0.2, 0.25) is 6.79 Å². The van der Waals surface area contributed by atoms with Gasteiger partial charge in [-0.25, -0.2) is 18.0 Å². The molecule has 0 saturated carbocycles. The molecule has 0 fully saturated rings. The number of carbonyl (C=O) groups excluding carboxylic acids is 1. The largest absolute Gasteiger partial charge is 0.454 e. The zero-order chi connectivity index (χ0) is 16.4. The zero-order valence-electron chi connectivity index (χ0n) is 11.7. The van der Waals surface area contributed by atoms with Gasteiger partial charge in [0.05, 0.1) is 5.69 Å². The molecule has 0 atom stereocenters. The number of hydrogen-bond donors (Lipinski definition) is 2. The first-order chi connectivity index (χ1) is 11.0. The number of halogens is 3. The van der Waals surface area contributed by atoms with E-state index in [4.69, 9.17) is 9.47 Å². The highest BCUT2D eigenvalue weighted by Crippen LogP contribution is 2.32. The molecule has 2 aromatic carbocycles. The summed E-state index contributed by atoms with van der Waals surface area (Å²) in [5, 5.41) is 4.58. The van der Waals surface area contributed by atoms with Crippen LogP contribution in [0.15, 0.2) is 30.3 Å². The molecule has 3 rings (SSSR count). The zero-order valence-corrected chi connectivity index (χ0v) is 11.7. The van der Waals surface area contributed by atoms with Crippen LogP contribution in [-0.2, 0) is 6.54 Å². The Morgan fingerprint density at radius 3 is 2.65 bits per heavy atom. The Balaban J connectivity index is 1.61. The Morgan fingerprint density at radius 2 is 1.83 bits per heavy atom. The van der Waals surface area contributed by atoms with Crippen molar-refractivity contribution in [1.29, 1.82) is 0 Å². The summed E-state index contributed by atoms with van der Waals surface area (Å²) >= 11 is 0. The fraction of sp³-hybridized carbons (Fsp3) is 0.133. The molecule has 0 aliphatic carbocycles. The monoisotopic (exact) mass is 324 g/mol. The van der Waals surface area contributed by atoms with Gasteiger partial charge in [0, 0.05) is 6.54 Å². The van der Waals surface area contributed by atoms with Gasteiger partial charge in [0.1, 0.15) is 0 Å². The SMILES string of the molecule is O=C(NCc1ccc2c(c1)OCO2)Nc1ccc(F)c(F)c1F. The maximum Gasteiger partial charge on any atom is 0.319 e. The molecular weight excluding hydrogens is 313 g/mol. The second-order valence-electron chi connectivity index (χ2n) is 4.72. The molecule has 8 heteroatoms. The molecule has 0 unspecified atom stereocenters. The molecule has 0 spiro atoms. The van der Waals surface area contributed by atoms with Crippen LogP contribution in [0.1, 0.15) is 5.56 Å². The standard InChI is InChI=1S/C15H11F3N2O3/c16-9-2-3-10(14(18)13(9)17)20-15(21)19-6-8-1-4-11-12(5-8)23-7-22-11/h1-5H,6-7H2,(H2,19,20,21). The van der Waals surface area contributed by atoms with E-state index in [0.29, 0.717) is 11.5 Å². The van der Waals surface area contributed by atoms with Gasteiger partial charge >= 0.3 is 6.03 Å². The van der Waals surface area contributed by atoms with Crippen molar-refractivity contribution in [1.82, 2.24) is 5.32 Å². The van der Waals surface area contributed by atoms with Crippen molar-refractivity contribution in [2.75, 3.05) is 12.1 Å². The molecule has 0 saturated heterocycles. The van der Waals surface area contributed by atoms with Gasteiger partial charge in [0.25, 0.3) is 0 Å². The first-order valence-electron chi connectivity index (χ1n) is 6.61. The Bertz CT molecular complexity index is 768. The highest BCUT2D eigenvalue weighted by atomic mass is 19.2. The van der Waals surface area contributed by atoms with Crippen molar-refractivity contribution in [2.24, 2.45) is 0 Å². The van der Waals surface area contributed by atoms with E-state index in [9.17, 15) is 18.0 Å². The normalized spacial score (nSPS) is 12.1. The molecular formula is C15H11F3N2O3. The maximum absolute atomic E-state index is 13.4. The predicted molar refractivity (Wildman–Crippen MR) is 74.7 cm³/mol. The number of carbonyl (C=O) groups is 1. The lowest BCUT2D eigenvalue weighted by Gasteiger charge is -2.09. The molecule has 1 heterocycles. The van der Waals surface area contributed by atoms with E-state index in [2.05, 4.69) is 10.6 Å². The molecule has 5 nitrogen and oxygen atoms in total. The third-order valence-corrected chi connectivity index (χ3v) is 3.17. The van der Waals surface area contributed by atoms with Crippen LogP contribution in [0, 0.1) is 17.5 Å².